The molecule has 2 rings (SSSR count). The maximum atomic E-state index is 5.52. The molecule has 1 N–H and O–H groups in total. The molecule has 84 valence electrons. The van der Waals surface area contributed by atoms with Crippen LogP contribution in [0, 0.1) is 5.92 Å². The first-order chi connectivity index (χ1) is 7.42. The fraction of sp³-hybridized carbons (Fsp3) is 0.692. The summed E-state index contributed by atoms with van der Waals surface area (Å²) in [5.74, 6) is 1.85. The molecule has 0 saturated heterocycles. The Labute approximate surface area is 92.1 Å². The topological polar surface area (TPSA) is 25.2 Å². The van der Waals surface area contributed by atoms with E-state index in [1.54, 1.807) is 6.26 Å². The van der Waals surface area contributed by atoms with Crippen molar-refractivity contribution in [2.75, 3.05) is 7.05 Å². The van der Waals surface area contributed by atoms with Crippen molar-refractivity contribution in [3.05, 3.63) is 24.2 Å². The second-order valence-corrected chi connectivity index (χ2v) is 4.53. The van der Waals surface area contributed by atoms with Crippen LogP contribution in [0.4, 0.5) is 0 Å². The summed E-state index contributed by atoms with van der Waals surface area (Å²) in [5, 5.41) is 3.41. The zero-order valence-corrected chi connectivity index (χ0v) is 9.54. The lowest BCUT2D eigenvalue weighted by Crippen LogP contribution is -2.24. The molecule has 1 aliphatic carbocycles. The largest absolute Gasteiger partial charge is 0.468 e. The average molecular weight is 207 g/mol. The summed E-state index contributed by atoms with van der Waals surface area (Å²) in [6.45, 7) is 0. The Balaban J connectivity index is 2.04. The molecular formula is C13H21NO. The van der Waals surface area contributed by atoms with E-state index < -0.39 is 0 Å². The minimum Gasteiger partial charge on any atom is -0.468 e. The lowest BCUT2D eigenvalue weighted by molar-refractivity contribution is 0.297. The van der Waals surface area contributed by atoms with Crippen molar-refractivity contribution in [1.82, 2.24) is 5.32 Å². The Bertz CT molecular complexity index is 260. The van der Waals surface area contributed by atoms with Gasteiger partial charge in [0.2, 0.25) is 0 Å². The average Bonchev–Trinajstić information content (AvgIpc) is 2.63. The van der Waals surface area contributed by atoms with Gasteiger partial charge in [0.1, 0.15) is 5.76 Å². The minimum absolute atomic E-state index is 0.415. The van der Waals surface area contributed by atoms with Crippen LogP contribution in [0.3, 0.4) is 0 Å². The van der Waals surface area contributed by atoms with E-state index in [0.717, 1.165) is 11.7 Å². The van der Waals surface area contributed by atoms with Gasteiger partial charge in [0.05, 0.1) is 12.3 Å². The van der Waals surface area contributed by atoms with Gasteiger partial charge < -0.3 is 9.73 Å². The first-order valence-corrected chi connectivity index (χ1v) is 6.12. The predicted octanol–water partition coefficient (Wildman–Crippen LogP) is 3.51. The number of hydrogen-bond acceptors (Lipinski definition) is 2. The molecule has 1 aliphatic rings. The highest BCUT2D eigenvalue weighted by Gasteiger charge is 2.24. The standard InChI is InChI=1S/C13H21NO/c1-14-13(12-9-6-10-15-12)11-7-4-2-3-5-8-11/h6,9-11,13-14H,2-5,7-8H2,1H3. The Kier molecular flexibility index (Phi) is 3.84. The van der Waals surface area contributed by atoms with Gasteiger partial charge in [0, 0.05) is 0 Å². The number of furan rings is 1. The van der Waals surface area contributed by atoms with Crippen LogP contribution in [0.5, 0.6) is 0 Å². The van der Waals surface area contributed by atoms with Crippen LogP contribution in [-0.4, -0.2) is 7.05 Å². The van der Waals surface area contributed by atoms with Gasteiger partial charge in [-0.15, -0.1) is 0 Å². The lowest BCUT2D eigenvalue weighted by atomic mass is 9.90. The SMILES string of the molecule is CNC(c1ccco1)C1CCCCCC1. The third-order valence-electron chi connectivity index (χ3n) is 3.53. The van der Waals surface area contributed by atoms with Crippen molar-refractivity contribution >= 4 is 0 Å². The molecule has 0 aliphatic heterocycles. The molecule has 1 aromatic rings. The van der Waals surface area contributed by atoms with E-state index in [-0.39, 0.29) is 0 Å². The van der Waals surface area contributed by atoms with Crippen LogP contribution in [0.2, 0.25) is 0 Å². The van der Waals surface area contributed by atoms with E-state index in [1.165, 1.54) is 38.5 Å². The molecule has 0 bridgehead atoms. The third-order valence-corrected chi connectivity index (χ3v) is 3.53. The Morgan fingerprint density at radius 1 is 1.27 bits per heavy atom. The fourth-order valence-corrected chi connectivity index (χ4v) is 2.72. The van der Waals surface area contributed by atoms with Gasteiger partial charge in [-0.1, -0.05) is 25.7 Å². The first-order valence-electron chi connectivity index (χ1n) is 6.12. The summed E-state index contributed by atoms with van der Waals surface area (Å²) in [7, 11) is 2.04. The molecule has 1 saturated carbocycles. The van der Waals surface area contributed by atoms with E-state index in [1.807, 2.05) is 13.1 Å². The van der Waals surface area contributed by atoms with Crippen molar-refractivity contribution in [3.8, 4) is 0 Å². The molecule has 2 nitrogen and oxygen atoms in total. The van der Waals surface area contributed by atoms with Gasteiger partial charge in [-0.3, -0.25) is 0 Å². The molecule has 2 heteroatoms. The molecule has 1 unspecified atom stereocenters. The smallest absolute Gasteiger partial charge is 0.120 e. The van der Waals surface area contributed by atoms with Crippen LogP contribution < -0.4 is 5.32 Å². The summed E-state index contributed by atoms with van der Waals surface area (Å²) in [6.07, 6.45) is 10.0. The summed E-state index contributed by atoms with van der Waals surface area (Å²) in [4.78, 5) is 0. The van der Waals surface area contributed by atoms with Gasteiger partial charge in [-0.05, 0) is 37.9 Å². The highest BCUT2D eigenvalue weighted by molar-refractivity contribution is 5.05. The number of hydrogen-bond donors (Lipinski definition) is 1. The third kappa shape index (κ3) is 2.63. The van der Waals surface area contributed by atoms with E-state index in [0.29, 0.717) is 6.04 Å². The zero-order valence-electron chi connectivity index (χ0n) is 9.54. The van der Waals surface area contributed by atoms with E-state index in [9.17, 15) is 0 Å². The molecule has 0 radical (unpaired) electrons. The number of rotatable bonds is 3. The molecule has 0 aromatic carbocycles. The van der Waals surface area contributed by atoms with Crippen molar-refractivity contribution in [2.24, 2.45) is 5.92 Å². The quantitative estimate of drug-likeness (QED) is 0.767. The highest BCUT2D eigenvalue weighted by atomic mass is 16.3. The predicted molar refractivity (Wildman–Crippen MR) is 61.7 cm³/mol. The van der Waals surface area contributed by atoms with Crippen molar-refractivity contribution in [1.29, 1.82) is 0 Å². The van der Waals surface area contributed by atoms with Crippen molar-refractivity contribution in [3.63, 3.8) is 0 Å². The second kappa shape index (κ2) is 5.36. The monoisotopic (exact) mass is 207 g/mol. The Morgan fingerprint density at radius 3 is 2.53 bits per heavy atom. The molecule has 0 spiro atoms. The molecule has 1 heterocycles. The van der Waals surface area contributed by atoms with E-state index in [4.69, 9.17) is 4.42 Å². The molecule has 1 aromatic heterocycles. The van der Waals surface area contributed by atoms with Crippen LogP contribution in [0.15, 0.2) is 22.8 Å². The van der Waals surface area contributed by atoms with E-state index >= 15 is 0 Å². The van der Waals surface area contributed by atoms with Gasteiger partial charge in [0.25, 0.3) is 0 Å². The zero-order chi connectivity index (χ0) is 10.5. The first kappa shape index (κ1) is 10.7. The van der Waals surface area contributed by atoms with Crippen LogP contribution in [0.25, 0.3) is 0 Å². The van der Waals surface area contributed by atoms with Crippen molar-refractivity contribution in [2.45, 2.75) is 44.6 Å². The Hall–Kier alpha value is -0.760. The van der Waals surface area contributed by atoms with Crippen LogP contribution in [0.1, 0.15) is 50.3 Å². The normalized spacial score (nSPS) is 21.1. The second-order valence-electron chi connectivity index (χ2n) is 4.53. The van der Waals surface area contributed by atoms with Gasteiger partial charge in [-0.25, -0.2) is 0 Å². The molecule has 1 fully saturated rings. The van der Waals surface area contributed by atoms with Gasteiger partial charge in [0.15, 0.2) is 0 Å². The number of nitrogens with one attached hydrogen (secondary N) is 1. The summed E-state index contributed by atoms with van der Waals surface area (Å²) in [6, 6.07) is 4.49. The van der Waals surface area contributed by atoms with Crippen LogP contribution in [-0.2, 0) is 0 Å². The molecular weight excluding hydrogens is 186 g/mol. The summed E-state index contributed by atoms with van der Waals surface area (Å²) < 4.78 is 5.52. The van der Waals surface area contributed by atoms with Gasteiger partial charge in [-0.2, -0.15) is 0 Å². The van der Waals surface area contributed by atoms with Crippen molar-refractivity contribution < 1.29 is 4.42 Å². The maximum Gasteiger partial charge on any atom is 0.120 e. The fourth-order valence-electron chi connectivity index (χ4n) is 2.72. The molecule has 15 heavy (non-hydrogen) atoms. The van der Waals surface area contributed by atoms with Gasteiger partial charge >= 0.3 is 0 Å². The maximum absolute atomic E-state index is 5.52. The molecule has 0 amide bonds. The summed E-state index contributed by atoms with van der Waals surface area (Å²) >= 11 is 0. The summed E-state index contributed by atoms with van der Waals surface area (Å²) in [5.41, 5.74) is 0. The van der Waals surface area contributed by atoms with E-state index in [2.05, 4.69) is 11.4 Å². The highest BCUT2D eigenvalue weighted by Crippen LogP contribution is 2.33. The molecule has 1 atom stereocenters. The van der Waals surface area contributed by atoms with Crippen LogP contribution >= 0.6 is 0 Å². The minimum atomic E-state index is 0.415. The Morgan fingerprint density at radius 2 is 2.00 bits per heavy atom. The lowest BCUT2D eigenvalue weighted by Gasteiger charge is -2.23.